The number of piperidine rings is 1. The molecule has 1 aliphatic rings. The summed E-state index contributed by atoms with van der Waals surface area (Å²) in [6, 6.07) is 13.9. The first-order valence-electron chi connectivity index (χ1n) is 9.98. The predicted molar refractivity (Wildman–Crippen MR) is 119 cm³/mol. The van der Waals surface area contributed by atoms with Crippen molar-refractivity contribution in [2.24, 2.45) is 0 Å². The lowest BCUT2D eigenvalue weighted by molar-refractivity contribution is 0.340. The zero-order valence-corrected chi connectivity index (χ0v) is 19.1. The van der Waals surface area contributed by atoms with E-state index in [0.717, 1.165) is 42.6 Å². The summed E-state index contributed by atoms with van der Waals surface area (Å²) in [6.07, 6.45) is 3.12. The Balaban J connectivity index is 1.78. The van der Waals surface area contributed by atoms with Crippen molar-refractivity contribution in [1.29, 1.82) is 0 Å². The summed E-state index contributed by atoms with van der Waals surface area (Å²) >= 11 is 3.35. The first kappa shape index (κ1) is 20.9. The fourth-order valence-electron chi connectivity index (χ4n) is 3.48. The summed E-state index contributed by atoms with van der Waals surface area (Å²) in [7, 11) is -3.83. The second-order valence-electron chi connectivity index (χ2n) is 7.09. The number of halogens is 1. The minimum absolute atomic E-state index is 0.0318. The second-order valence-corrected chi connectivity index (χ2v) is 9.87. The monoisotopic (exact) mass is 490 g/mol. The molecule has 1 aromatic heterocycles. The van der Waals surface area contributed by atoms with Gasteiger partial charge < -0.3 is 14.1 Å². The average Bonchev–Trinajstić information content (AvgIpc) is 3.22. The Bertz CT molecular complexity index is 1100. The second kappa shape index (κ2) is 8.81. The van der Waals surface area contributed by atoms with Crippen molar-refractivity contribution in [3.8, 4) is 17.2 Å². The highest BCUT2D eigenvalue weighted by Gasteiger charge is 2.32. The summed E-state index contributed by atoms with van der Waals surface area (Å²) in [4.78, 5) is 6.63. The van der Waals surface area contributed by atoms with Gasteiger partial charge in [0, 0.05) is 23.1 Å². The molecule has 0 bridgehead atoms. The number of benzene rings is 2. The quantitative estimate of drug-likeness (QED) is 0.465. The van der Waals surface area contributed by atoms with Crippen LogP contribution in [0.1, 0.15) is 26.2 Å². The average molecular weight is 491 g/mol. The van der Waals surface area contributed by atoms with Crippen LogP contribution in [-0.4, -0.2) is 33.1 Å². The molecule has 0 aliphatic carbocycles. The number of anilines is 1. The molecule has 0 N–H and O–H groups in total. The van der Waals surface area contributed by atoms with Crippen molar-refractivity contribution >= 4 is 31.7 Å². The van der Waals surface area contributed by atoms with Crippen molar-refractivity contribution in [3.63, 3.8) is 0 Å². The van der Waals surface area contributed by atoms with Crippen LogP contribution in [0, 0.1) is 0 Å². The molecule has 3 aromatic rings. The highest BCUT2D eigenvalue weighted by Crippen LogP contribution is 2.36. The summed E-state index contributed by atoms with van der Waals surface area (Å²) in [5.41, 5.74) is 0.703. The molecule has 1 saturated heterocycles. The van der Waals surface area contributed by atoms with E-state index in [0.29, 0.717) is 18.1 Å². The third-order valence-corrected chi connectivity index (χ3v) is 7.21. The molecule has 2 aromatic carbocycles. The van der Waals surface area contributed by atoms with Crippen molar-refractivity contribution in [3.05, 3.63) is 53.0 Å². The van der Waals surface area contributed by atoms with Crippen molar-refractivity contribution in [1.82, 2.24) is 4.98 Å². The number of oxazole rings is 1. The van der Waals surface area contributed by atoms with Crippen LogP contribution in [-0.2, 0) is 9.84 Å². The predicted octanol–water partition coefficient (Wildman–Crippen LogP) is 5.33. The van der Waals surface area contributed by atoms with E-state index < -0.39 is 9.84 Å². The summed E-state index contributed by atoms with van der Waals surface area (Å²) in [5, 5.41) is -0.0318. The first-order valence-corrected chi connectivity index (χ1v) is 12.3. The minimum Gasteiger partial charge on any atom is -0.494 e. The minimum atomic E-state index is -3.83. The highest BCUT2D eigenvalue weighted by molar-refractivity contribution is 9.10. The normalized spacial score (nSPS) is 14.7. The van der Waals surface area contributed by atoms with Gasteiger partial charge in [-0.1, -0.05) is 15.9 Å². The first-order chi connectivity index (χ1) is 14.5. The lowest BCUT2D eigenvalue weighted by Gasteiger charge is -2.26. The molecule has 8 heteroatoms. The lowest BCUT2D eigenvalue weighted by atomic mass is 10.1. The molecule has 1 aliphatic heterocycles. The third kappa shape index (κ3) is 4.25. The van der Waals surface area contributed by atoms with E-state index >= 15 is 0 Å². The van der Waals surface area contributed by atoms with Gasteiger partial charge in [-0.25, -0.2) is 8.42 Å². The summed E-state index contributed by atoms with van der Waals surface area (Å²) in [6.45, 7) is 4.00. The summed E-state index contributed by atoms with van der Waals surface area (Å²) in [5.74, 6) is 1.35. The maximum Gasteiger partial charge on any atom is 0.236 e. The van der Waals surface area contributed by atoms with Gasteiger partial charge in [0.2, 0.25) is 26.6 Å². The van der Waals surface area contributed by atoms with Gasteiger partial charge in [-0.15, -0.1) is 0 Å². The van der Waals surface area contributed by atoms with Gasteiger partial charge >= 0.3 is 0 Å². The fourth-order valence-corrected chi connectivity index (χ4v) is 5.06. The van der Waals surface area contributed by atoms with Gasteiger partial charge in [-0.05, 0) is 74.7 Å². The lowest BCUT2D eigenvalue weighted by Crippen LogP contribution is -2.30. The van der Waals surface area contributed by atoms with Gasteiger partial charge in [0.05, 0.1) is 11.5 Å². The van der Waals surface area contributed by atoms with Crippen LogP contribution in [0.5, 0.6) is 5.75 Å². The Morgan fingerprint density at radius 1 is 1.03 bits per heavy atom. The molecule has 0 radical (unpaired) electrons. The molecule has 0 saturated carbocycles. The number of sulfone groups is 1. The maximum atomic E-state index is 13.4. The maximum absolute atomic E-state index is 13.4. The van der Waals surface area contributed by atoms with E-state index in [4.69, 9.17) is 9.15 Å². The van der Waals surface area contributed by atoms with Gasteiger partial charge in [0.15, 0.2) is 0 Å². The molecule has 1 fully saturated rings. The molecular weight excluding hydrogens is 468 g/mol. The molecular formula is C22H23BrN2O4S. The summed E-state index contributed by atoms with van der Waals surface area (Å²) < 4.78 is 39.2. The van der Waals surface area contributed by atoms with Crippen molar-refractivity contribution < 1.29 is 17.6 Å². The SMILES string of the molecule is CCOc1ccc(-c2nc(S(=O)(=O)c3ccc(Br)cc3)c(N3CCCCC3)o2)cc1. The molecule has 0 unspecified atom stereocenters. The Hall–Kier alpha value is -2.32. The van der Waals surface area contributed by atoms with E-state index in [9.17, 15) is 8.42 Å². The van der Waals surface area contributed by atoms with E-state index in [1.807, 2.05) is 36.1 Å². The number of rotatable bonds is 6. The van der Waals surface area contributed by atoms with E-state index in [1.165, 1.54) is 0 Å². The Morgan fingerprint density at radius 3 is 2.33 bits per heavy atom. The molecule has 4 rings (SSSR count). The van der Waals surface area contributed by atoms with Gasteiger partial charge in [-0.3, -0.25) is 0 Å². The van der Waals surface area contributed by atoms with Crippen molar-refractivity contribution in [2.75, 3.05) is 24.6 Å². The molecule has 0 atom stereocenters. The molecule has 0 spiro atoms. The topological polar surface area (TPSA) is 72.6 Å². The molecule has 6 nitrogen and oxygen atoms in total. The van der Waals surface area contributed by atoms with Gasteiger partial charge in [0.1, 0.15) is 5.75 Å². The number of hydrogen-bond acceptors (Lipinski definition) is 6. The largest absolute Gasteiger partial charge is 0.494 e. The highest BCUT2D eigenvalue weighted by atomic mass is 79.9. The fraction of sp³-hybridized carbons (Fsp3) is 0.318. The molecule has 158 valence electrons. The number of nitrogens with zero attached hydrogens (tertiary/aromatic N) is 2. The smallest absolute Gasteiger partial charge is 0.236 e. The van der Waals surface area contributed by atoms with Crippen LogP contribution >= 0.6 is 15.9 Å². The Morgan fingerprint density at radius 2 is 1.70 bits per heavy atom. The van der Waals surface area contributed by atoms with E-state index in [-0.39, 0.29) is 15.8 Å². The molecule has 30 heavy (non-hydrogen) atoms. The van der Waals surface area contributed by atoms with Crippen LogP contribution < -0.4 is 9.64 Å². The zero-order chi connectivity index (χ0) is 21.1. The number of aromatic nitrogens is 1. The van der Waals surface area contributed by atoms with Gasteiger partial charge in [-0.2, -0.15) is 4.98 Å². The molecule has 2 heterocycles. The standard InChI is InChI=1S/C22H23BrN2O4S/c1-2-28-18-10-6-16(7-11-18)20-24-21(22(29-20)25-14-4-3-5-15-25)30(26,27)19-12-8-17(23)9-13-19/h6-13H,2-5,14-15H2,1H3. The van der Waals surface area contributed by atoms with Crippen LogP contribution in [0.3, 0.4) is 0 Å². The zero-order valence-electron chi connectivity index (χ0n) is 16.7. The number of hydrogen-bond donors (Lipinski definition) is 0. The molecule has 0 amide bonds. The number of ether oxygens (including phenoxy) is 1. The van der Waals surface area contributed by atoms with Crippen LogP contribution in [0.2, 0.25) is 0 Å². The van der Waals surface area contributed by atoms with Crippen molar-refractivity contribution in [2.45, 2.75) is 36.1 Å². The Labute approximate surface area is 184 Å². The van der Waals surface area contributed by atoms with Gasteiger partial charge in [0.25, 0.3) is 0 Å². The van der Waals surface area contributed by atoms with Crippen LogP contribution in [0.15, 0.2) is 67.3 Å². The van der Waals surface area contributed by atoms with Crippen LogP contribution in [0.25, 0.3) is 11.5 Å². The van der Waals surface area contributed by atoms with Crippen LogP contribution in [0.4, 0.5) is 5.88 Å². The van der Waals surface area contributed by atoms with E-state index in [2.05, 4.69) is 20.9 Å². The van der Waals surface area contributed by atoms with E-state index in [1.54, 1.807) is 24.3 Å². The third-order valence-electron chi connectivity index (χ3n) is 5.01. The Kier molecular flexibility index (Phi) is 6.15.